The Morgan fingerprint density at radius 2 is 1.95 bits per heavy atom. The van der Waals surface area contributed by atoms with Crippen LogP contribution in [0.25, 0.3) is 0 Å². The Hall–Kier alpha value is -2.01. The summed E-state index contributed by atoms with van der Waals surface area (Å²) in [5.74, 6) is 1.50. The molecule has 0 radical (unpaired) electrons. The molecule has 0 aliphatic carbocycles. The van der Waals surface area contributed by atoms with Crippen molar-refractivity contribution < 1.29 is 9.47 Å². The highest BCUT2D eigenvalue weighted by atomic mass is 16.5. The summed E-state index contributed by atoms with van der Waals surface area (Å²) < 4.78 is 12.9. The number of ether oxygens (including phenoxy) is 2. The van der Waals surface area contributed by atoms with Crippen molar-refractivity contribution in [2.45, 2.75) is 25.9 Å². The largest absolute Gasteiger partial charge is 0.493 e. The Balaban J connectivity index is 2.12. The van der Waals surface area contributed by atoms with E-state index in [-0.39, 0.29) is 12.1 Å². The molecule has 108 valence electrons. The molecule has 0 amide bonds. The molecule has 0 aliphatic rings. The van der Waals surface area contributed by atoms with Crippen molar-refractivity contribution in [2.75, 3.05) is 13.7 Å². The maximum absolute atomic E-state index is 6.24. The van der Waals surface area contributed by atoms with E-state index in [2.05, 4.69) is 18.9 Å². The topological polar surface area (TPSA) is 62.3 Å². The van der Waals surface area contributed by atoms with Gasteiger partial charge in [-0.25, -0.2) is 0 Å². The minimum absolute atomic E-state index is 0.219. The molecule has 5 nitrogen and oxygen atoms in total. The van der Waals surface area contributed by atoms with E-state index in [1.165, 1.54) is 0 Å². The summed E-state index contributed by atoms with van der Waals surface area (Å²) >= 11 is 0. The van der Waals surface area contributed by atoms with Crippen molar-refractivity contribution in [1.29, 1.82) is 0 Å². The summed E-state index contributed by atoms with van der Waals surface area (Å²) in [5.41, 5.74) is 7.10. The zero-order chi connectivity index (χ0) is 14.5. The molecule has 2 rings (SSSR count). The van der Waals surface area contributed by atoms with Crippen molar-refractivity contribution >= 4 is 0 Å². The summed E-state index contributed by atoms with van der Waals surface area (Å²) in [6.45, 7) is 4.49. The molecule has 0 saturated carbocycles. The Bertz CT molecular complexity index is 537. The Morgan fingerprint density at radius 3 is 2.55 bits per heavy atom. The average Bonchev–Trinajstić information content (AvgIpc) is 2.90. The van der Waals surface area contributed by atoms with Crippen LogP contribution in [0.1, 0.15) is 31.6 Å². The van der Waals surface area contributed by atoms with Crippen LogP contribution in [0.3, 0.4) is 0 Å². The average molecular weight is 275 g/mol. The molecule has 1 atom stereocenters. The Labute approximate surface area is 119 Å². The lowest BCUT2D eigenvalue weighted by Gasteiger charge is -2.18. The lowest BCUT2D eigenvalue weighted by molar-refractivity contribution is 0.277. The van der Waals surface area contributed by atoms with Crippen LogP contribution in [0.4, 0.5) is 0 Å². The highest BCUT2D eigenvalue weighted by Crippen LogP contribution is 2.26. The van der Waals surface area contributed by atoms with Gasteiger partial charge >= 0.3 is 0 Å². The van der Waals surface area contributed by atoms with Gasteiger partial charge in [0, 0.05) is 6.04 Å². The summed E-state index contributed by atoms with van der Waals surface area (Å²) in [5, 5.41) is 4.32. The number of hydrogen-bond donors (Lipinski definition) is 1. The first-order chi connectivity index (χ1) is 9.63. The molecule has 2 aromatic rings. The van der Waals surface area contributed by atoms with Gasteiger partial charge in [-0.1, -0.05) is 18.2 Å². The molecule has 20 heavy (non-hydrogen) atoms. The first-order valence-corrected chi connectivity index (χ1v) is 6.68. The van der Waals surface area contributed by atoms with E-state index in [1.807, 2.05) is 35.0 Å². The van der Waals surface area contributed by atoms with Gasteiger partial charge in [0.15, 0.2) is 5.75 Å². The van der Waals surface area contributed by atoms with Crippen LogP contribution in [0, 0.1) is 0 Å². The van der Waals surface area contributed by atoms with E-state index in [0.29, 0.717) is 12.4 Å². The molecular weight excluding hydrogens is 254 g/mol. The van der Waals surface area contributed by atoms with Crippen molar-refractivity contribution in [3.63, 3.8) is 0 Å². The number of methoxy groups -OCH3 is 1. The second-order valence-electron chi connectivity index (χ2n) is 4.87. The molecule has 1 heterocycles. The molecule has 1 aromatic carbocycles. The van der Waals surface area contributed by atoms with Crippen LogP contribution in [-0.2, 0) is 0 Å². The van der Waals surface area contributed by atoms with E-state index in [9.17, 15) is 0 Å². The van der Waals surface area contributed by atoms with Crippen LogP contribution in [0.2, 0.25) is 0 Å². The molecule has 2 N–H and O–H groups in total. The smallest absolute Gasteiger partial charge is 0.161 e. The van der Waals surface area contributed by atoms with E-state index >= 15 is 0 Å². The minimum atomic E-state index is -0.296. The molecule has 0 bridgehead atoms. The van der Waals surface area contributed by atoms with E-state index < -0.39 is 0 Å². The number of aromatic nitrogens is 2. The summed E-state index contributed by atoms with van der Waals surface area (Å²) in [6, 6.07) is 9.54. The third kappa shape index (κ3) is 3.11. The quantitative estimate of drug-likeness (QED) is 0.880. The lowest BCUT2D eigenvalue weighted by Crippen LogP contribution is -2.24. The van der Waals surface area contributed by atoms with Gasteiger partial charge < -0.3 is 15.2 Å². The number of benzene rings is 1. The lowest BCUT2D eigenvalue weighted by atomic mass is 10.2. The summed E-state index contributed by atoms with van der Waals surface area (Å²) in [6.07, 6.45) is 1.69. The van der Waals surface area contributed by atoms with Crippen molar-refractivity contribution in [1.82, 2.24) is 9.78 Å². The van der Waals surface area contributed by atoms with Crippen LogP contribution in [0.5, 0.6) is 11.5 Å². The van der Waals surface area contributed by atoms with Gasteiger partial charge in [0.1, 0.15) is 18.1 Å². The molecule has 0 saturated heterocycles. The fourth-order valence-electron chi connectivity index (χ4n) is 2.06. The highest BCUT2D eigenvalue weighted by molar-refractivity contribution is 5.29. The molecule has 1 unspecified atom stereocenters. The Kier molecular flexibility index (Phi) is 4.63. The number of rotatable bonds is 6. The standard InChI is InChI=1S/C15H21N3O2/c1-11(2)18-15(14(19-3)9-17-18)13(16)10-20-12-7-5-4-6-8-12/h4-9,11,13H,10,16H2,1-3H3. The van der Waals surface area contributed by atoms with Crippen LogP contribution in [0.15, 0.2) is 36.5 Å². The molecule has 0 aliphatic heterocycles. The van der Waals surface area contributed by atoms with Gasteiger partial charge in [0.05, 0.1) is 19.3 Å². The predicted octanol–water partition coefficient (Wildman–Crippen LogP) is 2.55. The van der Waals surface area contributed by atoms with Gasteiger partial charge in [0.25, 0.3) is 0 Å². The maximum Gasteiger partial charge on any atom is 0.161 e. The molecule has 5 heteroatoms. The van der Waals surface area contributed by atoms with Gasteiger partial charge in [0.2, 0.25) is 0 Å². The fraction of sp³-hybridized carbons (Fsp3) is 0.400. The van der Waals surface area contributed by atoms with Crippen molar-refractivity contribution in [2.24, 2.45) is 5.73 Å². The van der Waals surface area contributed by atoms with Crippen LogP contribution in [-0.4, -0.2) is 23.5 Å². The molecule has 0 fully saturated rings. The van der Waals surface area contributed by atoms with Gasteiger partial charge in [-0.05, 0) is 26.0 Å². The number of nitrogens with two attached hydrogens (primary N) is 1. The first kappa shape index (κ1) is 14.4. The second kappa shape index (κ2) is 6.43. The van der Waals surface area contributed by atoms with Gasteiger partial charge in [-0.15, -0.1) is 0 Å². The maximum atomic E-state index is 6.24. The molecular formula is C15H21N3O2. The van der Waals surface area contributed by atoms with Gasteiger partial charge in [-0.2, -0.15) is 5.10 Å². The summed E-state index contributed by atoms with van der Waals surface area (Å²) in [7, 11) is 1.62. The second-order valence-corrected chi connectivity index (χ2v) is 4.87. The first-order valence-electron chi connectivity index (χ1n) is 6.68. The molecule has 0 spiro atoms. The highest BCUT2D eigenvalue weighted by Gasteiger charge is 2.20. The fourth-order valence-corrected chi connectivity index (χ4v) is 2.06. The van der Waals surface area contributed by atoms with Gasteiger partial charge in [-0.3, -0.25) is 4.68 Å². The number of para-hydroxylation sites is 1. The number of nitrogens with zero attached hydrogens (tertiary/aromatic N) is 2. The Morgan fingerprint density at radius 1 is 1.25 bits per heavy atom. The minimum Gasteiger partial charge on any atom is -0.493 e. The normalized spacial score (nSPS) is 12.4. The monoisotopic (exact) mass is 275 g/mol. The SMILES string of the molecule is COc1cnn(C(C)C)c1C(N)COc1ccccc1. The van der Waals surface area contributed by atoms with Crippen molar-refractivity contribution in [3.8, 4) is 11.5 Å². The van der Waals surface area contributed by atoms with Crippen LogP contribution < -0.4 is 15.2 Å². The number of hydrogen-bond acceptors (Lipinski definition) is 4. The van der Waals surface area contributed by atoms with E-state index in [4.69, 9.17) is 15.2 Å². The zero-order valence-electron chi connectivity index (χ0n) is 12.1. The third-order valence-electron chi connectivity index (χ3n) is 3.03. The van der Waals surface area contributed by atoms with Crippen molar-refractivity contribution in [3.05, 3.63) is 42.2 Å². The van der Waals surface area contributed by atoms with E-state index in [0.717, 1.165) is 11.4 Å². The van der Waals surface area contributed by atoms with E-state index in [1.54, 1.807) is 13.3 Å². The predicted molar refractivity (Wildman–Crippen MR) is 78.0 cm³/mol. The zero-order valence-corrected chi connectivity index (χ0v) is 12.1. The summed E-state index contributed by atoms with van der Waals surface area (Å²) in [4.78, 5) is 0. The molecule has 1 aromatic heterocycles. The van der Waals surface area contributed by atoms with Crippen LogP contribution >= 0.6 is 0 Å². The third-order valence-corrected chi connectivity index (χ3v) is 3.03.